The number of benzene rings is 3. The van der Waals surface area contributed by atoms with Gasteiger partial charge >= 0.3 is 6.18 Å². The van der Waals surface area contributed by atoms with E-state index in [9.17, 15) is 18.0 Å². The molecule has 2 heterocycles. The second-order valence-corrected chi connectivity index (χ2v) is 11.0. The Kier molecular flexibility index (Phi) is 8.30. The van der Waals surface area contributed by atoms with Crippen molar-refractivity contribution < 1.29 is 18.0 Å². The first-order valence-corrected chi connectivity index (χ1v) is 13.9. The number of hydrogen-bond donors (Lipinski definition) is 3. The molecule has 5 aromatic rings. The van der Waals surface area contributed by atoms with Crippen molar-refractivity contribution in [1.29, 1.82) is 0 Å². The number of nitrogens with zero attached hydrogens (tertiary/aromatic N) is 3. The Bertz CT molecular complexity index is 1720. The summed E-state index contributed by atoms with van der Waals surface area (Å²) in [6, 6.07) is 21.2. The number of hydrogen-bond acceptors (Lipinski definition) is 7. The molecule has 3 aromatic carbocycles. The molecular weight excluding hydrogens is 561 g/mol. The number of aromatic nitrogens is 3. The van der Waals surface area contributed by atoms with E-state index >= 15 is 0 Å². The minimum absolute atomic E-state index is 0.0715. The van der Waals surface area contributed by atoms with Crippen molar-refractivity contribution >= 4 is 45.9 Å². The zero-order chi connectivity index (χ0) is 29.9. The summed E-state index contributed by atoms with van der Waals surface area (Å²) in [5.74, 6) is 0.392. The Labute approximate surface area is 244 Å². The van der Waals surface area contributed by atoms with Gasteiger partial charge in [0.05, 0.1) is 16.6 Å². The zero-order valence-electron chi connectivity index (χ0n) is 22.7. The molecule has 0 radical (unpaired) electrons. The van der Waals surface area contributed by atoms with Crippen LogP contribution in [0, 0.1) is 0 Å². The normalized spacial score (nSPS) is 11.6. The fraction of sp³-hybridized carbons (Fsp3) is 0.161. The lowest BCUT2D eigenvalue weighted by Crippen LogP contribution is -2.23. The summed E-state index contributed by atoms with van der Waals surface area (Å²) in [5.41, 5.74) is 8.77. The SMILES string of the molecule is CC(C)c1ccc2c(Nc3cc(C(=O)NCc4ccc(C(F)(F)F)cc4)ccc3Sc3ccc(N)cc3)ncnc2n1. The van der Waals surface area contributed by atoms with Gasteiger partial charge in [-0.15, -0.1) is 0 Å². The Morgan fingerprint density at radius 2 is 1.69 bits per heavy atom. The van der Waals surface area contributed by atoms with Gasteiger partial charge in [-0.25, -0.2) is 15.0 Å². The van der Waals surface area contributed by atoms with Crippen molar-refractivity contribution in [2.45, 2.75) is 42.3 Å². The number of amides is 1. The molecule has 214 valence electrons. The molecule has 0 saturated heterocycles. The van der Waals surface area contributed by atoms with Crippen LogP contribution < -0.4 is 16.4 Å². The molecule has 0 aliphatic heterocycles. The number of nitrogen functional groups attached to an aromatic ring is 1. The molecule has 42 heavy (non-hydrogen) atoms. The number of anilines is 3. The lowest BCUT2D eigenvalue weighted by atomic mass is 10.1. The first kappa shape index (κ1) is 28.9. The highest BCUT2D eigenvalue weighted by Gasteiger charge is 2.29. The molecule has 5 rings (SSSR count). The number of carbonyl (C=O) groups excluding carboxylic acids is 1. The molecule has 0 spiro atoms. The van der Waals surface area contributed by atoms with Crippen LogP contribution in [0.2, 0.25) is 0 Å². The molecule has 0 aliphatic rings. The summed E-state index contributed by atoms with van der Waals surface area (Å²) in [7, 11) is 0. The summed E-state index contributed by atoms with van der Waals surface area (Å²) in [6.07, 6.45) is -2.98. The molecule has 0 saturated carbocycles. The molecule has 11 heteroatoms. The highest BCUT2D eigenvalue weighted by molar-refractivity contribution is 7.99. The smallest absolute Gasteiger partial charge is 0.399 e. The minimum Gasteiger partial charge on any atom is -0.399 e. The molecule has 2 aromatic heterocycles. The van der Waals surface area contributed by atoms with Gasteiger partial charge in [0.25, 0.3) is 5.91 Å². The van der Waals surface area contributed by atoms with Crippen LogP contribution in [0.5, 0.6) is 0 Å². The summed E-state index contributed by atoms with van der Waals surface area (Å²) in [6.45, 7) is 4.19. The third-order valence-electron chi connectivity index (χ3n) is 6.45. The predicted octanol–water partition coefficient (Wildman–Crippen LogP) is 7.57. The Hall–Kier alpha value is -4.64. The first-order valence-electron chi connectivity index (χ1n) is 13.1. The molecule has 4 N–H and O–H groups in total. The van der Waals surface area contributed by atoms with Crippen molar-refractivity contribution in [3.8, 4) is 0 Å². The number of nitrogens with one attached hydrogen (secondary N) is 2. The van der Waals surface area contributed by atoms with E-state index in [1.807, 2.05) is 42.5 Å². The van der Waals surface area contributed by atoms with Gasteiger partial charge in [-0.2, -0.15) is 13.2 Å². The van der Waals surface area contributed by atoms with Gasteiger partial charge in [-0.05, 0) is 78.2 Å². The van der Waals surface area contributed by atoms with Crippen molar-refractivity contribution in [3.05, 3.63) is 108 Å². The highest BCUT2D eigenvalue weighted by Crippen LogP contribution is 2.37. The molecule has 7 nitrogen and oxygen atoms in total. The summed E-state index contributed by atoms with van der Waals surface area (Å²) < 4.78 is 38.6. The van der Waals surface area contributed by atoms with Gasteiger partial charge in [0, 0.05) is 33.3 Å². The van der Waals surface area contributed by atoms with E-state index in [0.717, 1.165) is 33.0 Å². The molecule has 1 amide bonds. The number of carbonyl (C=O) groups is 1. The standard InChI is InChI=1S/C31H27F3N6OS/c1-18(2)25-13-12-24-28(39-25)37-17-38-29(24)40-26-15-20(5-14-27(26)42-23-10-8-22(35)9-11-23)30(41)36-16-19-3-6-21(7-4-19)31(32,33)34/h3-15,17-18H,16,35H2,1-2H3,(H,36,41)(H,37,38,39,40). The minimum atomic E-state index is -4.42. The molecule has 0 bridgehead atoms. The Morgan fingerprint density at radius 3 is 2.38 bits per heavy atom. The van der Waals surface area contributed by atoms with Gasteiger partial charge in [0.15, 0.2) is 5.65 Å². The van der Waals surface area contributed by atoms with Crippen molar-refractivity contribution in [2.24, 2.45) is 0 Å². The second kappa shape index (κ2) is 12.1. The summed E-state index contributed by atoms with van der Waals surface area (Å²) in [5, 5.41) is 6.87. The van der Waals surface area contributed by atoms with Crippen LogP contribution in [0.1, 0.15) is 46.9 Å². The van der Waals surface area contributed by atoms with Crippen LogP contribution in [-0.2, 0) is 12.7 Å². The van der Waals surface area contributed by atoms with Crippen LogP contribution in [-0.4, -0.2) is 20.9 Å². The van der Waals surface area contributed by atoms with E-state index in [1.165, 1.54) is 30.2 Å². The van der Waals surface area contributed by atoms with Gasteiger partial charge in [0.1, 0.15) is 12.1 Å². The van der Waals surface area contributed by atoms with Gasteiger partial charge in [-0.3, -0.25) is 4.79 Å². The quantitative estimate of drug-likeness (QED) is 0.161. The van der Waals surface area contributed by atoms with E-state index in [2.05, 4.69) is 39.4 Å². The van der Waals surface area contributed by atoms with Crippen LogP contribution in [0.15, 0.2) is 95.0 Å². The lowest BCUT2D eigenvalue weighted by molar-refractivity contribution is -0.137. The van der Waals surface area contributed by atoms with Crippen LogP contribution >= 0.6 is 11.8 Å². The third-order valence-corrected chi connectivity index (χ3v) is 7.53. The predicted molar refractivity (Wildman–Crippen MR) is 159 cm³/mol. The van der Waals surface area contributed by atoms with Crippen molar-refractivity contribution in [1.82, 2.24) is 20.3 Å². The highest BCUT2D eigenvalue weighted by atomic mass is 32.2. The number of halogens is 3. The maximum absolute atomic E-state index is 13.1. The van der Waals surface area contributed by atoms with E-state index in [-0.39, 0.29) is 18.4 Å². The number of fused-ring (bicyclic) bond motifs is 1. The summed E-state index contributed by atoms with van der Waals surface area (Å²) >= 11 is 1.49. The number of rotatable bonds is 8. The molecular formula is C31H27F3N6OS. The molecule has 0 atom stereocenters. The van der Waals surface area contributed by atoms with Gasteiger partial charge < -0.3 is 16.4 Å². The van der Waals surface area contributed by atoms with Crippen molar-refractivity contribution in [2.75, 3.05) is 11.1 Å². The fourth-order valence-corrected chi connectivity index (χ4v) is 5.00. The molecule has 0 fully saturated rings. The van der Waals surface area contributed by atoms with E-state index in [0.29, 0.717) is 34.0 Å². The van der Waals surface area contributed by atoms with Crippen LogP contribution in [0.25, 0.3) is 11.0 Å². The van der Waals surface area contributed by atoms with E-state index in [4.69, 9.17) is 5.73 Å². The Balaban J connectivity index is 1.43. The number of pyridine rings is 1. The topological polar surface area (TPSA) is 106 Å². The van der Waals surface area contributed by atoms with E-state index in [1.54, 1.807) is 12.1 Å². The first-order chi connectivity index (χ1) is 20.1. The maximum Gasteiger partial charge on any atom is 0.416 e. The Morgan fingerprint density at radius 1 is 0.952 bits per heavy atom. The van der Waals surface area contributed by atoms with Gasteiger partial charge in [-0.1, -0.05) is 37.7 Å². The van der Waals surface area contributed by atoms with Crippen LogP contribution in [0.4, 0.5) is 30.4 Å². The van der Waals surface area contributed by atoms with Crippen LogP contribution in [0.3, 0.4) is 0 Å². The molecule has 0 aliphatic carbocycles. The van der Waals surface area contributed by atoms with E-state index < -0.39 is 11.7 Å². The second-order valence-electron chi connectivity index (χ2n) is 9.87. The number of alkyl halides is 3. The van der Waals surface area contributed by atoms with Gasteiger partial charge in [0.2, 0.25) is 0 Å². The maximum atomic E-state index is 13.1. The monoisotopic (exact) mass is 588 g/mol. The fourth-order valence-electron chi connectivity index (χ4n) is 4.12. The van der Waals surface area contributed by atoms with Crippen molar-refractivity contribution in [3.63, 3.8) is 0 Å². The zero-order valence-corrected chi connectivity index (χ0v) is 23.6. The average molecular weight is 589 g/mol. The largest absolute Gasteiger partial charge is 0.416 e. The molecule has 0 unspecified atom stereocenters. The third kappa shape index (κ3) is 6.80. The summed E-state index contributed by atoms with van der Waals surface area (Å²) in [4.78, 5) is 28.3. The average Bonchev–Trinajstić information content (AvgIpc) is 2.97. The lowest BCUT2D eigenvalue weighted by Gasteiger charge is -2.15. The number of nitrogens with two attached hydrogens (primary N) is 1.